The molecular formula is C12H10O2S2Se. The number of methoxy groups -OCH3 is 2. The normalized spacial score (nSPS) is 13.8. The summed E-state index contributed by atoms with van der Waals surface area (Å²) < 4.78 is 11.2. The van der Waals surface area contributed by atoms with Crippen LogP contribution in [0, 0.1) is 0 Å². The summed E-state index contributed by atoms with van der Waals surface area (Å²) >= 11 is 0.486. The quantitative estimate of drug-likeness (QED) is 0.784. The molecule has 2 aromatic rings. The summed E-state index contributed by atoms with van der Waals surface area (Å²) in [5.41, 5.74) is 0. The SMILES string of the molecule is COc1c2c(c(OC)c3ccccc13)S[Se]S2. The van der Waals surface area contributed by atoms with Crippen LogP contribution in [-0.4, -0.2) is 26.9 Å². The molecule has 1 heterocycles. The molecule has 5 heteroatoms. The molecule has 0 atom stereocenters. The third kappa shape index (κ3) is 1.73. The van der Waals surface area contributed by atoms with Crippen molar-refractivity contribution in [1.29, 1.82) is 0 Å². The van der Waals surface area contributed by atoms with E-state index in [1.165, 1.54) is 9.79 Å². The number of hydrogen-bond donors (Lipinski definition) is 0. The molecule has 0 bridgehead atoms. The third-order valence-corrected chi connectivity index (χ3v) is 9.13. The van der Waals surface area contributed by atoms with E-state index in [1.807, 2.05) is 32.5 Å². The van der Waals surface area contributed by atoms with Gasteiger partial charge in [0.15, 0.2) is 0 Å². The topological polar surface area (TPSA) is 18.5 Å². The van der Waals surface area contributed by atoms with Crippen LogP contribution in [0.3, 0.4) is 0 Å². The second kappa shape index (κ2) is 4.65. The van der Waals surface area contributed by atoms with Gasteiger partial charge in [-0.25, -0.2) is 0 Å². The van der Waals surface area contributed by atoms with E-state index >= 15 is 0 Å². The molecule has 0 amide bonds. The fourth-order valence-electron chi connectivity index (χ4n) is 1.97. The number of ether oxygens (including phenoxy) is 2. The monoisotopic (exact) mass is 330 g/mol. The predicted octanol–water partition coefficient (Wildman–Crippen LogP) is 3.59. The molecule has 0 saturated carbocycles. The Morgan fingerprint density at radius 2 is 1.35 bits per heavy atom. The Bertz CT molecular complexity index is 536. The summed E-state index contributed by atoms with van der Waals surface area (Å²) in [6, 6.07) is 8.25. The van der Waals surface area contributed by atoms with Crippen LogP contribution in [0.25, 0.3) is 10.8 Å². The summed E-state index contributed by atoms with van der Waals surface area (Å²) in [4.78, 5) is 2.49. The summed E-state index contributed by atoms with van der Waals surface area (Å²) in [7, 11) is 7.25. The van der Waals surface area contributed by atoms with Gasteiger partial charge in [0.2, 0.25) is 0 Å². The molecule has 88 valence electrons. The molecule has 0 saturated heterocycles. The van der Waals surface area contributed by atoms with E-state index in [0.717, 1.165) is 22.3 Å². The average Bonchev–Trinajstić information content (AvgIpc) is 2.84. The third-order valence-electron chi connectivity index (χ3n) is 2.68. The molecule has 0 aliphatic carbocycles. The summed E-state index contributed by atoms with van der Waals surface area (Å²) in [5.74, 6) is 1.99. The van der Waals surface area contributed by atoms with Gasteiger partial charge in [0.05, 0.1) is 0 Å². The second-order valence-corrected chi connectivity index (χ2v) is 9.87. The standard InChI is InChI=1S/C12H10O2S2Se/c1-13-9-7-5-3-4-6-8(7)10(14-2)12-11(9)15-17-16-12/h3-6H,1-2H3. The van der Waals surface area contributed by atoms with Crippen LogP contribution in [0.4, 0.5) is 0 Å². The van der Waals surface area contributed by atoms with Gasteiger partial charge in [0.25, 0.3) is 0 Å². The van der Waals surface area contributed by atoms with Crippen molar-refractivity contribution in [3.05, 3.63) is 24.3 Å². The van der Waals surface area contributed by atoms with Crippen molar-refractivity contribution >= 4 is 43.8 Å². The van der Waals surface area contributed by atoms with Crippen LogP contribution in [-0.2, 0) is 0 Å². The summed E-state index contributed by atoms with van der Waals surface area (Å²) in [6.45, 7) is 0. The first kappa shape index (κ1) is 11.6. The Balaban J connectivity index is 2.46. The van der Waals surface area contributed by atoms with Crippen molar-refractivity contribution in [3.8, 4) is 11.5 Å². The van der Waals surface area contributed by atoms with Gasteiger partial charge >= 0.3 is 113 Å². The molecule has 0 fully saturated rings. The van der Waals surface area contributed by atoms with Crippen molar-refractivity contribution in [3.63, 3.8) is 0 Å². The molecule has 1 aliphatic rings. The number of fused-ring (bicyclic) bond motifs is 2. The van der Waals surface area contributed by atoms with Crippen LogP contribution in [0.5, 0.6) is 11.5 Å². The zero-order valence-corrected chi connectivity index (χ0v) is 12.7. The van der Waals surface area contributed by atoms with Gasteiger partial charge in [-0.2, -0.15) is 0 Å². The Kier molecular flexibility index (Phi) is 3.17. The average molecular weight is 329 g/mol. The zero-order chi connectivity index (χ0) is 11.8. The molecule has 0 unspecified atom stereocenters. The summed E-state index contributed by atoms with van der Waals surface area (Å²) in [6.07, 6.45) is 0. The van der Waals surface area contributed by atoms with E-state index in [9.17, 15) is 0 Å². The van der Waals surface area contributed by atoms with Crippen molar-refractivity contribution in [2.75, 3.05) is 14.2 Å². The Morgan fingerprint density at radius 1 is 0.882 bits per heavy atom. The minimum atomic E-state index is 0.486. The van der Waals surface area contributed by atoms with Crippen molar-refractivity contribution in [1.82, 2.24) is 0 Å². The Hall–Kier alpha value is -0.481. The van der Waals surface area contributed by atoms with Gasteiger partial charge in [-0.05, 0) is 0 Å². The number of benzene rings is 2. The molecule has 2 aromatic carbocycles. The molecular weight excluding hydrogens is 319 g/mol. The second-order valence-electron chi connectivity index (χ2n) is 3.51. The molecule has 0 radical (unpaired) electrons. The maximum atomic E-state index is 5.59. The Labute approximate surface area is 113 Å². The van der Waals surface area contributed by atoms with E-state index in [0.29, 0.717) is 12.7 Å². The van der Waals surface area contributed by atoms with Gasteiger partial charge < -0.3 is 0 Å². The first-order chi connectivity index (χ1) is 8.36. The fraction of sp³-hybridized carbons (Fsp3) is 0.167. The van der Waals surface area contributed by atoms with E-state index in [4.69, 9.17) is 9.47 Å². The molecule has 0 N–H and O–H groups in total. The van der Waals surface area contributed by atoms with E-state index < -0.39 is 0 Å². The fourth-order valence-corrected chi connectivity index (χ4v) is 9.71. The molecule has 0 spiro atoms. The zero-order valence-electron chi connectivity index (χ0n) is 9.35. The van der Waals surface area contributed by atoms with Crippen LogP contribution in [0.2, 0.25) is 0 Å². The minimum absolute atomic E-state index is 0.486. The van der Waals surface area contributed by atoms with E-state index in [-0.39, 0.29) is 0 Å². The van der Waals surface area contributed by atoms with Gasteiger partial charge in [-0.15, -0.1) is 0 Å². The Morgan fingerprint density at radius 3 is 1.76 bits per heavy atom. The molecule has 2 nitrogen and oxygen atoms in total. The van der Waals surface area contributed by atoms with Crippen LogP contribution >= 0.6 is 20.4 Å². The number of rotatable bonds is 2. The van der Waals surface area contributed by atoms with Crippen molar-refractivity contribution in [2.24, 2.45) is 0 Å². The predicted molar refractivity (Wildman–Crippen MR) is 74.5 cm³/mol. The first-order valence-electron chi connectivity index (χ1n) is 5.04. The van der Waals surface area contributed by atoms with Gasteiger partial charge in [-0.3, -0.25) is 0 Å². The van der Waals surface area contributed by atoms with Crippen LogP contribution < -0.4 is 9.47 Å². The van der Waals surface area contributed by atoms with E-state index in [1.54, 1.807) is 14.2 Å². The van der Waals surface area contributed by atoms with Crippen LogP contribution in [0.15, 0.2) is 34.1 Å². The van der Waals surface area contributed by atoms with Gasteiger partial charge in [-0.1, -0.05) is 0 Å². The summed E-state index contributed by atoms with van der Waals surface area (Å²) in [5, 5.41) is 2.27. The van der Waals surface area contributed by atoms with Crippen LogP contribution in [0.1, 0.15) is 0 Å². The maximum absolute atomic E-state index is 5.59. The molecule has 3 rings (SSSR count). The van der Waals surface area contributed by atoms with Gasteiger partial charge in [0.1, 0.15) is 0 Å². The van der Waals surface area contributed by atoms with Gasteiger partial charge in [0, 0.05) is 0 Å². The number of hydrogen-bond acceptors (Lipinski definition) is 4. The molecule has 0 aromatic heterocycles. The van der Waals surface area contributed by atoms with Crippen molar-refractivity contribution < 1.29 is 9.47 Å². The molecule has 1 aliphatic heterocycles. The first-order valence-corrected chi connectivity index (χ1v) is 10.7. The van der Waals surface area contributed by atoms with Crippen molar-refractivity contribution in [2.45, 2.75) is 9.79 Å². The van der Waals surface area contributed by atoms with E-state index in [2.05, 4.69) is 12.1 Å². The molecule has 17 heavy (non-hydrogen) atoms.